The van der Waals surface area contributed by atoms with E-state index in [4.69, 9.17) is 0 Å². The SMILES string of the molecule is C=CCNC(=O)NC1CC(F)(F)C1. The van der Waals surface area contributed by atoms with E-state index in [-0.39, 0.29) is 18.9 Å². The number of halogens is 2. The Morgan fingerprint density at radius 1 is 1.62 bits per heavy atom. The van der Waals surface area contributed by atoms with Gasteiger partial charge in [0.05, 0.1) is 0 Å². The number of hydrogen-bond acceptors (Lipinski definition) is 1. The predicted octanol–water partition coefficient (Wildman–Crippen LogP) is 1.27. The molecule has 0 bridgehead atoms. The largest absolute Gasteiger partial charge is 0.335 e. The molecule has 0 aliphatic heterocycles. The van der Waals surface area contributed by atoms with Crippen LogP contribution in [0.1, 0.15) is 12.8 Å². The second kappa shape index (κ2) is 3.72. The minimum Gasteiger partial charge on any atom is -0.335 e. The molecule has 1 fully saturated rings. The number of nitrogens with one attached hydrogen (secondary N) is 2. The third-order valence-corrected chi connectivity index (χ3v) is 1.83. The van der Waals surface area contributed by atoms with Crippen LogP contribution in [0.4, 0.5) is 13.6 Å². The van der Waals surface area contributed by atoms with Crippen LogP contribution in [0.15, 0.2) is 12.7 Å². The Balaban J connectivity index is 2.13. The molecule has 0 heterocycles. The first-order valence-electron chi connectivity index (χ1n) is 4.06. The number of urea groups is 1. The normalized spacial score (nSPS) is 20.2. The van der Waals surface area contributed by atoms with Crippen molar-refractivity contribution in [2.24, 2.45) is 0 Å². The van der Waals surface area contributed by atoms with E-state index in [0.717, 1.165) is 0 Å². The number of hydrogen-bond donors (Lipinski definition) is 2. The fraction of sp³-hybridized carbons (Fsp3) is 0.625. The molecule has 0 atom stereocenters. The third-order valence-electron chi connectivity index (χ3n) is 1.83. The lowest BCUT2D eigenvalue weighted by Gasteiger charge is -2.35. The van der Waals surface area contributed by atoms with Crippen LogP contribution in [0.25, 0.3) is 0 Å². The molecule has 1 aliphatic rings. The van der Waals surface area contributed by atoms with Crippen molar-refractivity contribution in [1.82, 2.24) is 10.6 Å². The fourth-order valence-corrected chi connectivity index (χ4v) is 1.16. The minimum atomic E-state index is -2.59. The lowest BCUT2D eigenvalue weighted by Crippen LogP contribution is -2.53. The van der Waals surface area contributed by atoms with Gasteiger partial charge in [0.2, 0.25) is 0 Å². The molecule has 0 aromatic rings. The van der Waals surface area contributed by atoms with Crippen molar-refractivity contribution in [2.75, 3.05) is 6.54 Å². The van der Waals surface area contributed by atoms with E-state index in [9.17, 15) is 13.6 Å². The molecule has 74 valence electrons. The van der Waals surface area contributed by atoms with Gasteiger partial charge in [0.15, 0.2) is 0 Å². The summed E-state index contributed by atoms with van der Waals surface area (Å²) < 4.78 is 24.6. The van der Waals surface area contributed by atoms with Gasteiger partial charge in [-0.2, -0.15) is 0 Å². The number of carbonyl (C=O) groups excluding carboxylic acids is 1. The van der Waals surface area contributed by atoms with E-state index in [1.165, 1.54) is 6.08 Å². The van der Waals surface area contributed by atoms with Crippen LogP contribution in [0.2, 0.25) is 0 Å². The molecule has 2 amide bonds. The highest BCUT2D eigenvalue weighted by Crippen LogP contribution is 2.37. The number of amides is 2. The Labute approximate surface area is 75.2 Å². The zero-order valence-corrected chi connectivity index (χ0v) is 7.15. The Hall–Kier alpha value is -1.13. The maximum Gasteiger partial charge on any atom is 0.315 e. The fourth-order valence-electron chi connectivity index (χ4n) is 1.16. The summed E-state index contributed by atoms with van der Waals surface area (Å²) in [7, 11) is 0. The Morgan fingerprint density at radius 2 is 2.23 bits per heavy atom. The van der Waals surface area contributed by atoms with E-state index in [2.05, 4.69) is 17.2 Å². The van der Waals surface area contributed by atoms with Gasteiger partial charge in [-0.1, -0.05) is 6.08 Å². The average molecular weight is 190 g/mol. The highest BCUT2D eigenvalue weighted by molar-refractivity contribution is 5.74. The van der Waals surface area contributed by atoms with E-state index in [1.54, 1.807) is 0 Å². The van der Waals surface area contributed by atoms with Gasteiger partial charge < -0.3 is 10.6 Å². The third kappa shape index (κ3) is 3.01. The molecule has 13 heavy (non-hydrogen) atoms. The van der Waals surface area contributed by atoms with E-state index in [0.29, 0.717) is 6.54 Å². The molecular weight excluding hydrogens is 178 g/mol. The highest BCUT2D eigenvalue weighted by atomic mass is 19.3. The van der Waals surface area contributed by atoms with E-state index >= 15 is 0 Å². The quantitative estimate of drug-likeness (QED) is 0.646. The van der Waals surface area contributed by atoms with Gasteiger partial charge >= 0.3 is 6.03 Å². The van der Waals surface area contributed by atoms with Gasteiger partial charge in [-0.3, -0.25) is 0 Å². The first-order chi connectivity index (χ1) is 6.03. The van der Waals surface area contributed by atoms with Gasteiger partial charge in [-0.05, 0) is 0 Å². The van der Waals surface area contributed by atoms with Crippen molar-refractivity contribution in [2.45, 2.75) is 24.8 Å². The summed E-state index contributed by atoms with van der Waals surface area (Å²) in [6, 6.07) is -0.805. The predicted molar refractivity (Wildman–Crippen MR) is 44.7 cm³/mol. The second-order valence-corrected chi connectivity index (χ2v) is 3.10. The van der Waals surface area contributed by atoms with Crippen LogP contribution in [-0.4, -0.2) is 24.5 Å². The summed E-state index contributed by atoms with van der Waals surface area (Å²) >= 11 is 0. The van der Waals surface area contributed by atoms with Crippen molar-refractivity contribution in [1.29, 1.82) is 0 Å². The molecule has 0 spiro atoms. The summed E-state index contributed by atoms with van der Waals surface area (Å²) in [6.45, 7) is 3.75. The van der Waals surface area contributed by atoms with Crippen molar-refractivity contribution in [3.05, 3.63) is 12.7 Å². The molecule has 0 aromatic carbocycles. The Kier molecular flexibility index (Phi) is 2.85. The Morgan fingerprint density at radius 3 is 2.69 bits per heavy atom. The number of carbonyl (C=O) groups is 1. The number of rotatable bonds is 3. The van der Waals surface area contributed by atoms with Crippen molar-refractivity contribution in [3.63, 3.8) is 0 Å². The number of alkyl halides is 2. The molecule has 1 aliphatic carbocycles. The zero-order chi connectivity index (χ0) is 9.90. The first-order valence-corrected chi connectivity index (χ1v) is 4.06. The zero-order valence-electron chi connectivity index (χ0n) is 7.15. The van der Waals surface area contributed by atoms with E-state index < -0.39 is 12.0 Å². The topological polar surface area (TPSA) is 41.1 Å². The monoisotopic (exact) mass is 190 g/mol. The van der Waals surface area contributed by atoms with Gasteiger partial charge in [0.1, 0.15) is 0 Å². The summed E-state index contributed by atoms with van der Waals surface area (Å²) in [5, 5.41) is 4.87. The molecule has 0 radical (unpaired) electrons. The lowest BCUT2D eigenvalue weighted by atomic mass is 9.88. The molecule has 5 heteroatoms. The molecular formula is C8H12F2N2O. The maximum absolute atomic E-state index is 12.3. The molecule has 2 N–H and O–H groups in total. The summed E-state index contributed by atoms with van der Waals surface area (Å²) in [4.78, 5) is 10.9. The molecule has 0 saturated heterocycles. The standard InChI is InChI=1S/C8H12F2N2O/c1-2-3-11-7(13)12-6-4-8(9,10)5-6/h2,6H,1,3-5H2,(H2,11,12,13). The molecule has 0 aromatic heterocycles. The van der Waals surface area contributed by atoms with Crippen molar-refractivity contribution >= 4 is 6.03 Å². The van der Waals surface area contributed by atoms with Crippen LogP contribution < -0.4 is 10.6 Å². The smallest absolute Gasteiger partial charge is 0.315 e. The van der Waals surface area contributed by atoms with E-state index in [1.807, 2.05) is 0 Å². The molecule has 0 unspecified atom stereocenters. The van der Waals surface area contributed by atoms with Gasteiger partial charge in [-0.25, -0.2) is 13.6 Å². The molecule has 1 saturated carbocycles. The first kappa shape index (κ1) is 9.95. The molecule has 3 nitrogen and oxygen atoms in total. The van der Waals surface area contributed by atoms with Gasteiger partial charge in [0.25, 0.3) is 5.92 Å². The average Bonchev–Trinajstić information content (AvgIpc) is 1.97. The summed E-state index contributed by atoms with van der Waals surface area (Å²) in [5.41, 5.74) is 0. The lowest BCUT2D eigenvalue weighted by molar-refractivity contribution is -0.0896. The Bertz CT molecular complexity index is 210. The summed E-state index contributed by atoms with van der Waals surface area (Å²) in [5.74, 6) is -2.59. The summed E-state index contributed by atoms with van der Waals surface area (Å²) in [6.07, 6.45) is 1.01. The van der Waals surface area contributed by atoms with Gasteiger partial charge in [-0.15, -0.1) is 6.58 Å². The highest BCUT2D eigenvalue weighted by Gasteiger charge is 2.45. The second-order valence-electron chi connectivity index (χ2n) is 3.10. The van der Waals surface area contributed by atoms with Crippen LogP contribution >= 0.6 is 0 Å². The van der Waals surface area contributed by atoms with Crippen LogP contribution in [-0.2, 0) is 0 Å². The van der Waals surface area contributed by atoms with Crippen molar-refractivity contribution < 1.29 is 13.6 Å². The maximum atomic E-state index is 12.3. The van der Waals surface area contributed by atoms with Crippen LogP contribution in [0.3, 0.4) is 0 Å². The van der Waals surface area contributed by atoms with Crippen molar-refractivity contribution in [3.8, 4) is 0 Å². The van der Waals surface area contributed by atoms with Gasteiger partial charge in [0, 0.05) is 25.4 Å². The minimum absolute atomic E-state index is 0.255. The van der Waals surface area contributed by atoms with Crippen LogP contribution in [0.5, 0.6) is 0 Å². The van der Waals surface area contributed by atoms with Crippen LogP contribution in [0, 0.1) is 0 Å². The molecule has 1 rings (SSSR count).